The predicted molar refractivity (Wildman–Crippen MR) is 77.2 cm³/mol. The number of hydrogen-bond acceptors (Lipinski definition) is 3. The van der Waals surface area contributed by atoms with Crippen LogP contribution in [0.4, 0.5) is 5.69 Å². The minimum Gasteiger partial charge on any atom is -0.497 e. The average molecular weight is 269 g/mol. The van der Waals surface area contributed by atoms with Crippen LogP contribution in [-0.4, -0.2) is 19.3 Å². The van der Waals surface area contributed by atoms with E-state index in [0.29, 0.717) is 11.3 Å². The number of ether oxygens (including phenoxy) is 1. The van der Waals surface area contributed by atoms with Gasteiger partial charge in [0.05, 0.1) is 13.5 Å². The fraction of sp³-hybridized carbons (Fsp3) is 0.125. The fourth-order valence-corrected chi connectivity index (χ4v) is 1.86. The molecule has 2 aromatic rings. The van der Waals surface area contributed by atoms with Gasteiger partial charge in [0.25, 0.3) is 0 Å². The Kier molecular flexibility index (Phi) is 4.50. The van der Waals surface area contributed by atoms with E-state index in [9.17, 15) is 9.59 Å². The van der Waals surface area contributed by atoms with Gasteiger partial charge < -0.3 is 10.1 Å². The van der Waals surface area contributed by atoms with Crippen molar-refractivity contribution < 1.29 is 14.3 Å². The van der Waals surface area contributed by atoms with E-state index < -0.39 is 0 Å². The monoisotopic (exact) mass is 269 g/mol. The van der Waals surface area contributed by atoms with Gasteiger partial charge in [-0.3, -0.25) is 9.59 Å². The van der Waals surface area contributed by atoms with Gasteiger partial charge >= 0.3 is 0 Å². The number of benzene rings is 2. The number of methoxy groups -OCH3 is 1. The molecule has 0 saturated heterocycles. The lowest BCUT2D eigenvalue weighted by Gasteiger charge is -2.07. The Hall–Kier alpha value is -2.62. The highest BCUT2D eigenvalue weighted by Crippen LogP contribution is 2.14. The topological polar surface area (TPSA) is 55.4 Å². The number of carbonyl (C=O) groups is 2. The Labute approximate surface area is 117 Å². The first-order valence-electron chi connectivity index (χ1n) is 6.19. The molecule has 102 valence electrons. The van der Waals surface area contributed by atoms with E-state index in [1.807, 2.05) is 24.3 Å². The number of aldehydes is 1. The smallest absolute Gasteiger partial charge is 0.228 e. The Balaban J connectivity index is 2.02. The van der Waals surface area contributed by atoms with Gasteiger partial charge in [0.2, 0.25) is 5.91 Å². The SMILES string of the molecule is COc1cccc(CC(=O)Nc2cccc(C=O)c2)c1. The maximum Gasteiger partial charge on any atom is 0.228 e. The lowest BCUT2D eigenvalue weighted by molar-refractivity contribution is -0.115. The molecule has 0 aromatic heterocycles. The average Bonchev–Trinajstić information content (AvgIpc) is 2.47. The van der Waals surface area contributed by atoms with Crippen molar-refractivity contribution in [3.05, 3.63) is 59.7 Å². The van der Waals surface area contributed by atoms with E-state index in [0.717, 1.165) is 17.6 Å². The number of rotatable bonds is 5. The third-order valence-corrected chi connectivity index (χ3v) is 2.81. The summed E-state index contributed by atoms with van der Waals surface area (Å²) in [6, 6.07) is 14.2. The molecule has 0 unspecified atom stereocenters. The van der Waals surface area contributed by atoms with Gasteiger partial charge in [0.15, 0.2) is 0 Å². The first kappa shape index (κ1) is 13.8. The van der Waals surface area contributed by atoms with Crippen LogP contribution in [0.1, 0.15) is 15.9 Å². The van der Waals surface area contributed by atoms with E-state index in [2.05, 4.69) is 5.32 Å². The summed E-state index contributed by atoms with van der Waals surface area (Å²) in [6.45, 7) is 0. The number of carbonyl (C=O) groups excluding carboxylic acids is 2. The van der Waals surface area contributed by atoms with Gasteiger partial charge in [-0.1, -0.05) is 24.3 Å². The van der Waals surface area contributed by atoms with Crippen molar-refractivity contribution in [2.75, 3.05) is 12.4 Å². The van der Waals surface area contributed by atoms with Gasteiger partial charge in [-0.05, 0) is 29.8 Å². The van der Waals surface area contributed by atoms with Crippen LogP contribution in [0, 0.1) is 0 Å². The molecule has 0 aliphatic rings. The molecule has 0 saturated carbocycles. The summed E-state index contributed by atoms with van der Waals surface area (Å²) < 4.78 is 5.11. The molecular weight excluding hydrogens is 254 g/mol. The van der Waals surface area contributed by atoms with E-state index in [1.165, 1.54) is 0 Å². The molecule has 2 rings (SSSR count). The third kappa shape index (κ3) is 3.68. The van der Waals surface area contributed by atoms with E-state index in [-0.39, 0.29) is 12.3 Å². The Morgan fingerprint density at radius 2 is 2.00 bits per heavy atom. The zero-order chi connectivity index (χ0) is 14.4. The van der Waals surface area contributed by atoms with Crippen LogP contribution in [0.25, 0.3) is 0 Å². The second-order valence-electron chi connectivity index (χ2n) is 4.32. The van der Waals surface area contributed by atoms with Crippen molar-refractivity contribution in [1.29, 1.82) is 0 Å². The molecule has 20 heavy (non-hydrogen) atoms. The first-order valence-corrected chi connectivity index (χ1v) is 6.19. The van der Waals surface area contributed by atoms with Crippen LogP contribution in [0.5, 0.6) is 5.75 Å². The van der Waals surface area contributed by atoms with Gasteiger partial charge in [-0.15, -0.1) is 0 Å². The minimum atomic E-state index is -0.138. The van der Waals surface area contributed by atoms with Crippen molar-refractivity contribution in [1.82, 2.24) is 0 Å². The van der Waals surface area contributed by atoms with Crippen molar-refractivity contribution >= 4 is 17.9 Å². The Bertz CT molecular complexity index is 623. The van der Waals surface area contributed by atoms with Crippen molar-refractivity contribution in [2.24, 2.45) is 0 Å². The van der Waals surface area contributed by atoms with Crippen LogP contribution in [0.3, 0.4) is 0 Å². The zero-order valence-electron chi connectivity index (χ0n) is 11.1. The van der Waals surface area contributed by atoms with E-state index in [4.69, 9.17) is 4.74 Å². The zero-order valence-corrected chi connectivity index (χ0v) is 11.1. The van der Waals surface area contributed by atoms with Crippen LogP contribution in [-0.2, 0) is 11.2 Å². The second kappa shape index (κ2) is 6.52. The third-order valence-electron chi connectivity index (χ3n) is 2.81. The normalized spacial score (nSPS) is 9.85. The molecule has 0 heterocycles. The van der Waals surface area contributed by atoms with Crippen molar-refractivity contribution in [3.63, 3.8) is 0 Å². The quantitative estimate of drug-likeness (QED) is 0.849. The van der Waals surface area contributed by atoms with Gasteiger partial charge in [-0.25, -0.2) is 0 Å². The number of nitrogens with one attached hydrogen (secondary N) is 1. The lowest BCUT2D eigenvalue weighted by Crippen LogP contribution is -2.14. The first-order chi connectivity index (χ1) is 9.71. The maximum absolute atomic E-state index is 11.9. The van der Waals surface area contributed by atoms with Crippen LogP contribution < -0.4 is 10.1 Å². The molecule has 2 aromatic carbocycles. The number of hydrogen-bond donors (Lipinski definition) is 1. The number of amides is 1. The predicted octanol–water partition coefficient (Wildman–Crippen LogP) is 2.69. The van der Waals surface area contributed by atoms with Crippen LogP contribution >= 0.6 is 0 Å². The molecule has 0 radical (unpaired) electrons. The van der Waals surface area contributed by atoms with E-state index in [1.54, 1.807) is 31.4 Å². The molecule has 1 amide bonds. The summed E-state index contributed by atoms with van der Waals surface area (Å²) in [7, 11) is 1.59. The fourth-order valence-electron chi connectivity index (χ4n) is 1.86. The Morgan fingerprint density at radius 1 is 1.20 bits per heavy atom. The summed E-state index contributed by atoms with van der Waals surface area (Å²) in [4.78, 5) is 22.6. The Morgan fingerprint density at radius 3 is 2.75 bits per heavy atom. The molecule has 0 bridgehead atoms. The molecule has 0 aliphatic carbocycles. The summed E-state index contributed by atoms with van der Waals surface area (Å²) >= 11 is 0. The minimum absolute atomic E-state index is 0.138. The highest BCUT2D eigenvalue weighted by atomic mass is 16.5. The van der Waals surface area contributed by atoms with E-state index >= 15 is 0 Å². The largest absolute Gasteiger partial charge is 0.497 e. The standard InChI is InChI=1S/C16H15NO3/c1-20-15-7-3-4-12(9-15)10-16(19)17-14-6-2-5-13(8-14)11-18/h2-9,11H,10H2,1H3,(H,17,19). The molecule has 0 aliphatic heterocycles. The molecule has 0 spiro atoms. The van der Waals surface area contributed by atoms with Gasteiger partial charge in [-0.2, -0.15) is 0 Å². The number of anilines is 1. The molecule has 1 N–H and O–H groups in total. The molecule has 0 fully saturated rings. The van der Waals surface area contributed by atoms with Crippen LogP contribution in [0.15, 0.2) is 48.5 Å². The molecule has 4 nitrogen and oxygen atoms in total. The molecular formula is C16H15NO3. The van der Waals surface area contributed by atoms with Crippen molar-refractivity contribution in [2.45, 2.75) is 6.42 Å². The van der Waals surface area contributed by atoms with Crippen molar-refractivity contribution in [3.8, 4) is 5.75 Å². The second-order valence-corrected chi connectivity index (χ2v) is 4.32. The summed E-state index contributed by atoms with van der Waals surface area (Å²) in [5.74, 6) is 0.583. The van der Waals surface area contributed by atoms with Gasteiger partial charge in [0.1, 0.15) is 12.0 Å². The highest BCUT2D eigenvalue weighted by Gasteiger charge is 2.05. The molecule has 4 heteroatoms. The molecule has 0 atom stereocenters. The van der Waals surface area contributed by atoms with Gasteiger partial charge in [0, 0.05) is 11.3 Å². The van der Waals surface area contributed by atoms with Crippen LogP contribution in [0.2, 0.25) is 0 Å². The lowest BCUT2D eigenvalue weighted by atomic mass is 10.1. The maximum atomic E-state index is 11.9. The summed E-state index contributed by atoms with van der Waals surface area (Å²) in [5.41, 5.74) is 2.01. The summed E-state index contributed by atoms with van der Waals surface area (Å²) in [5, 5.41) is 2.76. The summed E-state index contributed by atoms with van der Waals surface area (Å²) in [6.07, 6.45) is 1.00. The highest BCUT2D eigenvalue weighted by molar-refractivity contribution is 5.93.